The van der Waals surface area contributed by atoms with Crippen LogP contribution in [0.5, 0.6) is 0 Å². The van der Waals surface area contributed by atoms with E-state index in [-0.39, 0.29) is 24.5 Å². The molecule has 2 unspecified atom stereocenters. The third-order valence-corrected chi connectivity index (χ3v) is 6.82. The number of benzene rings is 1. The molecule has 2 aliphatic heterocycles. The van der Waals surface area contributed by atoms with Crippen molar-refractivity contribution in [2.75, 3.05) is 29.4 Å². The Kier molecular flexibility index (Phi) is 7.04. The monoisotopic (exact) mass is 505 g/mol. The number of anilines is 2. The van der Waals surface area contributed by atoms with Crippen LogP contribution in [0.15, 0.2) is 36.4 Å². The van der Waals surface area contributed by atoms with E-state index in [1.807, 2.05) is 45.0 Å². The quantitative estimate of drug-likeness (QED) is 0.583. The Hall–Kier alpha value is -2.78. The second-order valence-corrected chi connectivity index (χ2v) is 11.0. The Morgan fingerprint density at radius 2 is 1.88 bits per heavy atom. The number of amides is 2. The van der Waals surface area contributed by atoms with E-state index in [0.29, 0.717) is 21.4 Å². The molecular formula is C24H28ClN3O5S. The van der Waals surface area contributed by atoms with E-state index in [0.717, 1.165) is 25.1 Å². The molecule has 1 aromatic heterocycles. The second-order valence-electron chi connectivity index (χ2n) is 9.33. The maximum atomic E-state index is 12.6. The van der Waals surface area contributed by atoms with E-state index in [9.17, 15) is 14.4 Å². The average Bonchev–Trinajstić information content (AvgIpc) is 3.51. The summed E-state index contributed by atoms with van der Waals surface area (Å²) in [6, 6.07) is 10.5. The highest BCUT2D eigenvalue weighted by molar-refractivity contribution is 7.18. The zero-order valence-corrected chi connectivity index (χ0v) is 20.9. The predicted octanol–water partition coefficient (Wildman–Crippen LogP) is 4.47. The molecule has 2 aromatic rings. The summed E-state index contributed by atoms with van der Waals surface area (Å²) in [5.41, 5.74) is 1.07. The van der Waals surface area contributed by atoms with Gasteiger partial charge in [-0.05, 0) is 70.0 Å². The molecule has 0 radical (unpaired) electrons. The molecule has 4 rings (SSSR count). The van der Waals surface area contributed by atoms with Gasteiger partial charge in [0, 0.05) is 17.9 Å². The van der Waals surface area contributed by atoms with Crippen molar-refractivity contribution in [2.24, 2.45) is 0 Å². The number of halogens is 1. The van der Waals surface area contributed by atoms with Crippen LogP contribution in [0.4, 0.5) is 16.2 Å². The van der Waals surface area contributed by atoms with Crippen LogP contribution in [-0.2, 0) is 14.3 Å². The van der Waals surface area contributed by atoms with E-state index in [1.165, 1.54) is 16.2 Å². The Bertz CT molecular complexity index is 1070. The lowest BCUT2D eigenvalue weighted by Gasteiger charge is -2.29. The molecule has 2 amide bonds. The summed E-state index contributed by atoms with van der Waals surface area (Å²) < 4.78 is 11.6. The first kappa shape index (κ1) is 24.3. The third-order valence-electron chi connectivity index (χ3n) is 5.59. The summed E-state index contributed by atoms with van der Waals surface area (Å²) in [7, 11) is 0. The lowest BCUT2D eigenvalue weighted by Crippen LogP contribution is -2.40. The molecule has 0 saturated carbocycles. The fraction of sp³-hybridized carbons (Fsp3) is 0.458. The van der Waals surface area contributed by atoms with Crippen LogP contribution >= 0.6 is 22.9 Å². The fourth-order valence-electron chi connectivity index (χ4n) is 4.08. The van der Waals surface area contributed by atoms with Gasteiger partial charge in [-0.15, -0.1) is 11.3 Å². The summed E-state index contributed by atoms with van der Waals surface area (Å²) in [4.78, 5) is 41.4. The van der Waals surface area contributed by atoms with Gasteiger partial charge >= 0.3 is 12.1 Å². The molecule has 2 aliphatic rings. The van der Waals surface area contributed by atoms with Gasteiger partial charge in [-0.3, -0.25) is 9.69 Å². The number of cyclic esters (lactones) is 1. The standard InChI is InChI=1S/C24H28ClN3O5S/c1-24(2,3)33-22(30)18-5-4-12-27(18)15-6-8-16(9-7-15)28-14-17(32-23(28)31)13-26-21(29)19-10-11-20(25)34-19/h6-11,17-18H,4-5,12-14H2,1-3H3,(H,26,29). The SMILES string of the molecule is CC(C)(C)OC(=O)C1CCCN1c1ccc(N2CC(CNC(=O)c3ccc(Cl)s3)OC2=O)cc1. The molecule has 0 bridgehead atoms. The van der Waals surface area contributed by atoms with Gasteiger partial charge in [0.1, 0.15) is 17.7 Å². The van der Waals surface area contributed by atoms with E-state index in [4.69, 9.17) is 21.1 Å². The van der Waals surface area contributed by atoms with Gasteiger partial charge in [0.05, 0.1) is 22.3 Å². The number of ether oxygens (including phenoxy) is 2. The fourth-order valence-corrected chi connectivity index (χ4v) is 5.04. The van der Waals surface area contributed by atoms with Gasteiger partial charge in [-0.2, -0.15) is 0 Å². The number of carbonyl (C=O) groups excluding carboxylic acids is 3. The summed E-state index contributed by atoms with van der Waals surface area (Å²) in [5, 5.41) is 2.78. The summed E-state index contributed by atoms with van der Waals surface area (Å²) in [5.74, 6) is -0.465. The molecule has 0 aliphatic carbocycles. The molecular weight excluding hydrogens is 478 g/mol. The van der Waals surface area contributed by atoms with E-state index in [1.54, 1.807) is 12.1 Å². The lowest BCUT2D eigenvalue weighted by molar-refractivity contribution is -0.156. The third kappa shape index (κ3) is 5.64. The number of hydrogen-bond acceptors (Lipinski definition) is 7. The van der Waals surface area contributed by atoms with Crippen LogP contribution in [0.2, 0.25) is 4.34 Å². The van der Waals surface area contributed by atoms with Crippen molar-refractivity contribution in [1.29, 1.82) is 0 Å². The van der Waals surface area contributed by atoms with Crippen molar-refractivity contribution in [1.82, 2.24) is 5.32 Å². The lowest BCUT2D eigenvalue weighted by atomic mass is 10.1. The zero-order valence-electron chi connectivity index (χ0n) is 19.4. The van der Waals surface area contributed by atoms with E-state index in [2.05, 4.69) is 10.2 Å². The van der Waals surface area contributed by atoms with E-state index >= 15 is 0 Å². The first-order valence-corrected chi connectivity index (χ1v) is 12.4. The number of rotatable bonds is 6. The van der Waals surface area contributed by atoms with E-state index < -0.39 is 17.8 Å². The van der Waals surface area contributed by atoms with Crippen LogP contribution < -0.4 is 15.1 Å². The Morgan fingerprint density at radius 1 is 1.18 bits per heavy atom. The molecule has 2 fully saturated rings. The normalized spacial score (nSPS) is 20.4. The molecule has 1 aromatic carbocycles. The largest absolute Gasteiger partial charge is 0.458 e. The minimum Gasteiger partial charge on any atom is -0.458 e. The number of carbonyl (C=O) groups is 3. The van der Waals surface area contributed by atoms with Crippen molar-refractivity contribution >= 4 is 52.3 Å². The first-order valence-electron chi connectivity index (χ1n) is 11.2. The number of hydrogen-bond donors (Lipinski definition) is 1. The molecule has 0 spiro atoms. The molecule has 182 valence electrons. The average molecular weight is 506 g/mol. The summed E-state index contributed by atoms with van der Waals surface area (Å²) >= 11 is 7.07. The molecule has 2 saturated heterocycles. The van der Waals surface area contributed by atoms with Gasteiger partial charge in [-0.25, -0.2) is 9.59 Å². The van der Waals surface area contributed by atoms with Crippen LogP contribution in [0.1, 0.15) is 43.3 Å². The van der Waals surface area contributed by atoms with Crippen molar-refractivity contribution in [3.8, 4) is 0 Å². The molecule has 1 N–H and O–H groups in total. The Labute approximate surface area is 207 Å². The van der Waals surface area contributed by atoms with Crippen LogP contribution in [0.25, 0.3) is 0 Å². The number of thiophene rings is 1. The Balaban J connectivity index is 1.35. The maximum Gasteiger partial charge on any atom is 0.414 e. The first-order chi connectivity index (χ1) is 16.1. The second kappa shape index (κ2) is 9.84. The topological polar surface area (TPSA) is 88.2 Å². The molecule has 3 heterocycles. The van der Waals surface area contributed by atoms with Gasteiger partial charge in [-0.1, -0.05) is 11.6 Å². The van der Waals surface area contributed by atoms with Gasteiger partial charge in [0.25, 0.3) is 5.91 Å². The molecule has 8 nitrogen and oxygen atoms in total. The Morgan fingerprint density at radius 3 is 2.53 bits per heavy atom. The van der Waals surface area contributed by atoms with Crippen LogP contribution in [0.3, 0.4) is 0 Å². The van der Waals surface area contributed by atoms with Crippen molar-refractivity contribution in [3.05, 3.63) is 45.6 Å². The minimum atomic E-state index is -0.530. The summed E-state index contributed by atoms with van der Waals surface area (Å²) in [6.07, 6.45) is 0.746. The van der Waals surface area contributed by atoms with Crippen LogP contribution in [-0.4, -0.2) is 55.4 Å². The number of nitrogens with one attached hydrogen (secondary N) is 1. The highest BCUT2D eigenvalue weighted by Gasteiger charge is 2.35. The highest BCUT2D eigenvalue weighted by Crippen LogP contribution is 2.30. The predicted molar refractivity (Wildman–Crippen MR) is 132 cm³/mol. The van der Waals surface area contributed by atoms with Gasteiger partial charge in [0.2, 0.25) is 0 Å². The number of esters is 1. The molecule has 34 heavy (non-hydrogen) atoms. The van der Waals surface area contributed by atoms with Gasteiger partial charge in [0.15, 0.2) is 0 Å². The maximum absolute atomic E-state index is 12.6. The highest BCUT2D eigenvalue weighted by atomic mass is 35.5. The van der Waals surface area contributed by atoms with Crippen LogP contribution in [0, 0.1) is 0 Å². The molecule has 10 heteroatoms. The van der Waals surface area contributed by atoms with Gasteiger partial charge < -0.3 is 19.7 Å². The summed E-state index contributed by atoms with van der Waals surface area (Å²) in [6.45, 7) is 6.90. The van der Waals surface area contributed by atoms with Crippen molar-refractivity contribution in [3.63, 3.8) is 0 Å². The zero-order chi connectivity index (χ0) is 24.5. The van der Waals surface area contributed by atoms with Crippen molar-refractivity contribution < 1.29 is 23.9 Å². The minimum absolute atomic E-state index is 0.208. The molecule has 2 atom stereocenters. The van der Waals surface area contributed by atoms with Crippen molar-refractivity contribution in [2.45, 2.75) is 51.4 Å². The smallest absolute Gasteiger partial charge is 0.414 e. The number of nitrogens with zero attached hydrogens (tertiary/aromatic N) is 2.